The molecule has 1 unspecified atom stereocenters. The molecule has 0 aliphatic carbocycles. The fourth-order valence-electron chi connectivity index (χ4n) is 3.15. The average Bonchev–Trinajstić information content (AvgIpc) is 3.24. The summed E-state index contributed by atoms with van der Waals surface area (Å²) in [5.74, 6) is 0.881. The number of esters is 1. The van der Waals surface area contributed by atoms with Crippen LogP contribution in [-0.4, -0.2) is 29.9 Å². The number of hydrogen-bond acceptors (Lipinski definition) is 6. The van der Waals surface area contributed by atoms with Gasteiger partial charge in [-0.1, -0.05) is 0 Å². The molecule has 0 saturated heterocycles. The van der Waals surface area contributed by atoms with Gasteiger partial charge in [-0.2, -0.15) is 0 Å². The lowest BCUT2D eigenvalue weighted by molar-refractivity contribution is -0.179. The smallest absolute Gasteiger partial charge is 0.334 e. The van der Waals surface area contributed by atoms with Gasteiger partial charge in [0.25, 0.3) is 0 Å². The number of aliphatic hydroxyl groups is 1. The van der Waals surface area contributed by atoms with Gasteiger partial charge >= 0.3 is 5.97 Å². The molecule has 0 saturated carbocycles. The molecule has 6 nitrogen and oxygen atoms in total. The number of ether oxygens (including phenoxy) is 2. The summed E-state index contributed by atoms with van der Waals surface area (Å²) < 4.78 is 21.8. The molecule has 1 N–H and O–H groups in total. The molecule has 0 aromatic carbocycles. The molecule has 0 fully saturated rings. The summed E-state index contributed by atoms with van der Waals surface area (Å²) in [6.45, 7) is 0. The van der Waals surface area contributed by atoms with Crippen LogP contribution in [0.5, 0.6) is 0 Å². The standard InChI is InChI=1S/C18H20O6/c1-21-17-15(19)12-16(20)24-18(17,8-6-13-4-2-10-22-13)9-7-14-5-3-11-23-14/h2-5,10-12,17,19H,6-9H2,1H3. The van der Waals surface area contributed by atoms with E-state index < -0.39 is 17.7 Å². The zero-order valence-corrected chi connectivity index (χ0v) is 13.4. The van der Waals surface area contributed by atoms with Crippen molar-refractivity contribution in [3.8, 4) is 0 Å². The van der Waals surface area contributed by atoms with E-state index in [1.807, 2.05) is 24.3 Å². The number of methoxy groups -OCH3 is 1. The number of furan rings is 2. The van der Waals surface area contributed by atoms with Crippen LogP contribution in [0.25, 0.3) is 0 Å². The van der Waals surface area contributed by atoms with Crippen LogP contribution in [0.2, 0.25) is 0 Å². The van der Waals surface area contributed by atoms with Crippen molar-refractivity contribution in [2.45, 2.75) is 37.4 Å². The highest BCUT2D eigenvalue weighted by Crippen LogP contribution is 2.36. The Kier molecular flexibility index (Phi) is 4.76. The van der Waals surface area contributed by atoms with E-state index in [1.165, 1.54) is 7.11 Å². The number of aryl methyl sites for hydroxylation is 2. The summed E-state index contributed by atoms with van der Waals surface area (Å²) in [6.07, 6.45) is 5.59. The van der Waals surface area contributed by atoms with Crippen molar-refractivity contribution in [2.75, 3.05) is 7.11 Å². The largest absolute Gasteiger partial charge is 0.509 e. The molecular weight excluding hydrogens is 312 g/mol. The molecule has 128 valence electrons. The predicted molar refractivity (Wildman–Crippen MR) is 84.4 cm³/mol. The van der Waals surface area contributed by atoms with E-state index in [-0.39, 0.29) is 5.76 Å². The first kappa shape index (κ1) is 16.4. The Balaban J connectivity index is 1.83. The summed E-state index contributed by atoms with van der Waals surface area (Å²) in [7, 11) is 1.49. The van der Waals surface area contributed by atoms with E-state index >= 15 is 0 Å². The minimum Gasteiger partial charge on any atom is -0.509 e. The van der Waals surface area contributed by atoms with Gasteiger partial charge in [0.05, 0.1) is 18.6 Å². The van der Waals surface area contributed by atoms with Gasteiger partial charge in [-0.15, -0.1) is 0 Å². The molecule has 1 aliphatic heterocycles. The third kappa shape index (κ3) is 3.38. The molecule has 1 aliphatic rings. The third-order valence-corrected chi connectivity index (χ3v) is 4.30. The molecule has 0 amide bonds. The Labute approximate surface area is 139 Å². The molecule has 2 aromatic heterocycles. The maximum absolute atomic E-state index is 11.9. The first-order valence-corrected chi connectivity index (χ1v) is 7.84. The highest BCUT2D eigenvalue weighted by Gasteiger charge is 2.47. The molecule has 2 aromatic rings. The topological polar surface area (TPSA) is 82.0 Å². The Morgan fingerprint density at radius 1 is 1.12 bits per heavy atom. The lowest BCUT2D eigenvalue weighted by atomic mass is 9.83. The van der Waals surface area contributed by atoms with Gasteiger partial charge in [0.15, 0.2) is 6.10 Å². The molecule has 24 heavy (non-hydrogen) atoms. The van der Waals surface area contributed by atoms with Crippen molar-refractivity contribution in [1.29, 1.82) is 0 Å². The monoisotopic (exact) mass is 332 g/mol. The summed E-state index contributed by atoms with van der Waals surface area (Å²) in [6, 6.07) is 7.34. The summed E-state index contributed by atoms with van der Waals surface area (Å²) in [5.41, 5.74) is -0.982. The third-order valence-electron chi connectivity index (χ3n) is 4.30. The van der Waals surface area contributed by atoms with Crippen molar-refractivity contribution in [2.24, 2.45) is 0 Å². The van der Waals surface area contributed by atoms with Crippen LogP contribution in [0.4, 0.5) is 0 Å². The second-order valence-electron chi connectivity index (χ2n) is 5.83. The molecule has 0 spiro atoms. The lowest BCUT2D eigenvalue weighted by Crippen LogP contribution is -2.51. The van der Waals surface area contributed by atoms with Gasteiger partial charge < -0.3 is 23.4 Å². The molecule has 0 bridgehead atoms. The number of carbonyl (C=O) groups excluding carboxylic acids is 1. The zero-order valence-electron chi connectivity index (χ0n) is 13.4. The molecule has 3 heterocycles. The maximum atomic E-state index is 11.9. The van der Waals surface area contributed by atoms with Gasteiger partial charge in [-0.05, 0) is 37.1 Å². The van der Waals surface area contributed by atoms with Crippen LogP contribution in [0.1, 0.15) is 24.4 Å². The highest BCUT2D eigenvalue weighted by atomic mass is 16.6. The van der Waals surface area contributed by atoms with E-state index in [1.54, 1.807) is 12.5 Å². The lowest BCUT2D eigenvalue weighted by Gasteiger charge is -2.41. The fraction of sp³-hybridized carbons (Fsp3) is 0.389. The van der Waals surface area contributed by atoms with Crippen molar-refractivity contribution in [3.63, 3.8) is 0 Å². The van der Waals surface area contributed by atoms with Crippen LogP contribution in [0, 0.1) is 0 Å². The highest BCUT2D eigenvalue weighted by molar-refractivity contribution is 5.84. The van der Waals surface area contributed by atoms with Gasteiger partial charge in [-0.3, -0.25) is 0 Å². The maximum Gasteiger partial charge on any atom is 0.334 e. The molecule has 0 radical (unpaired) electrons. The Bertz CT molecular complexity index is 645. The number of rotatable bonds is 7. The van der Waals surface area contributed by atoms with E-state index in [0.717, 1.165) is 17.6 Å². The van der Waals surface area contributed by atoms with Gasteiger partial charge in [0.1, 0.15) is 22.9 Å². The van der Waals surface area contributed by atoms with E-state index in [0.29, 0.717) is 25.7 Å². The van der Waals surface area contributed by atoms with Gasteiger partial charge in [-0.25, -0.2) is 4.79 Å². The van der Waals surface area contributed by atoms with Gasteiger partial charge in [0.2, 0.25) is 0 Å². The van der Waals surface area contributed by atoms with Crippen LogP contribution >= 0.6 is 0 Å². The fourth-order valence-corrected chi connectivity index (χ4v) is 3.15. The predicted octanol–water partition coefficient (Wildman–Crippen LogP) is 3.19. The van der Waals surface area contributed by atoms with E-state index in [4.69, 9.17) is 18.3 Å². The minimum absolute atomic E-state index is 0.118. The van der Waals surface area contributed by atoms with E-state index in [2.05, 4.69) is 0 Å². The molecule has 6 heteroatoms. The van der Waals surface area contributed by atoms with E-state index in [9.17, 15) is 9.90 Å². The molecular formula is C18H20O6. The van der Waals surface area contributed by atoms with Crippen molar-refractivity contribution in [3.05, 3.63) is 60.1 Å². The normalized spacial score (nSPS) is 19.8. The summed E-state index contributed by atoms with van der Waals surface area (Å²) in [5, 5.41) is 10.2. The Morgan fingerprint density at radius 3 is 2.17 bits per heavy atom. The van der Waals surface area contributed by atoms with Crippen molar-refractivity contribution in [1.82, 2.24) is 0 Å². The van der Waals surface area contributed by atoms with Crippen LogP contribution < -0.4 is 0 Å². The zero-order chi connectivity index (χ0) is 17.0. The SMILES string of the molecule is COC1C(O)=CC(=O)OC1(CCc1ccco1)CCc1ccco1. The molecule has 3 rings (SSSR count). The number of carbonyl (C=O) groups is 1. The van der Waals surface area contributed by atoms with Crippen molar-refractivity contribution >= 4 is 5.97 Å². The number of aliphatic hydroxyl groups excluding tert-OH is 1. The first-order valence-electron chi connectivity index (χ1n) is 7.84. The van der Waals surface area contributed by atoms with Gasteiger partial charge in [0, 0.05) is 20.0 Å². The van der Waals surface area contributed by atoms with Crippen LogP contribution in [-0.2, 0) is 27.1 Å². The quantitative estimate of drug-likeness (QED) is 0.784. The molecule has 1 atom stereocenters. The number of cyclic esters (lactones) is 1. The number of hydrogen-bond donors (Lipinski definition) is 1. The summed E-state index contributed by atoms with van der Waals surface area (Å²) >= 11 is 0. The second-order valence-corrected chi connectivity index (χ2v) is 5.83. The van der Waals surface area contributed by atoms with Crippen LogP contribution in [0.3, 0.4) is 0 Å². The first-order chi connectivity index (χ1) is 11.6. The minimum atomic E-state index is -0.982. The van der Waals surface area contributed by atoms with Crippen LogP contribution in [0.15, 0.2) is 57.5 Å². The van der Waals surface area contributed by atoms with Crippen molar-refractivity contribution < 1.29 is 28.2 Å². The Hall–Kier alpha value is -2.47. The Morgan fingerprint density at radius 2 is 1.71 bits per heavy atom. The average molecular weight is 332 g/mol. The second kappa shape index (κ2) is 6.97. The summed E-state index contributed by atoms with van der Waals surface area (Å²) in [4.78, 5) is 11.9.